The Kier molecular flexibility index (Phi) is 4.91. The molecule has 156 valence electrons. The number of amides is 1. The molecule has 0 aromatic carbocycles. The van der Waals surface area contributed by atoms with Gasteiger partial charge in [-0.15, -0.1) is 11.3 Å². The van der Waals surface area contributed by atoms with Gasteiger partial charge in [0.2, 0.25) is 0 Å². The molecule has 3 aromatic rings. The van der Waals surface area contributed by atoms with E-state index in [2.05, 4.69) is 35.1 Å². The fourth-order valence-corrected chi connectivity index (χ4v) is 4.93. The summed E-state index contributed by atoms with van der Waals surface area (Å²) in [5, 5.41) is 6.63. The lowest BCUT2D eigenvalue weighted by Gasteiger charge is -2.20. The van der Waals surface area contributed by atoms with Crippen LogP contribution in [0.1, 0.15) is 46.8 Å². The molecule has 4 heterocycles. The Morgan fingerprint density at radius 3 is 2.73 bits per heavy atom. The second-order valence-corrected chi connectivity index (χ2v) is 9.41. The number of carbonyl (C=O) groups is 1. The number of rotatable bonds is 5. The molecule has 2 aliphatic rings. The van der Waals surface area contributed by atoms with Crippen molar-refractivity contribution in [3.8, 4) is 16.5 Å². The van der Waals surface area contributed by atoms with E-state index in [0.717, 1.165) is 54.2 Å². The number of hydrogen-bond acceptors (Lipinski definition) is 6. The third-order valence-electron chi connectivity index (χ3n) is 6.08. The van der Waals surface area contributed by atoms with Crippen molar-refractivity contribution in [2.75, 3.05) is 27.2 Å². The molecule has 1 saturated carbocycles. The number of thiophene rings is 1. The maximum Gasteiger partial charge on any atom is 0.257 e. The summed E-state index contributed by atoms with van der Waals surface area (Å²) in [7, 11) is 4.15. The van der Waals surface area contributed by atoms with Crippen LogP contribution in [0.25, 0.3) is 16.5 Å². The van der Waals surface area contributed by atoms with Crippen molar-refractivity contribution in [3.63, 3.8) is 0 Å². The monoisotopic (exact) mass is 422 g/mol. The highest BCUT2D eigenvalue weighted by molar-refractivity contribution is 7.13. The first-order chi connectivity index (χ1) is 14.5. The number of likely N-dealkylation sites (N-methyl/N-ethyl adjacent to an activating group) is 1. The third kappa shape index (κ3) is 3.44. The maximum absolute atomic E-state index is 13.3. The zero-order valence-corrected chi connectivity index (χ0v) is 18.4. The van der Waals surface area contributed by atoms with E-state index in [0.29, 0.717) is 23.5 Å². The Labute approximate surface area is 180 Å². The van der Waals surface area contributed by atoms with Crippen molar-refractivity contribution >= 4 is 17.2 Å². The van der Waals surface area contributed by atoms with Gasteiger partial charge in [-0.05, 0) is 57.3 Å². The van der Waals surface area contributed by atoms with E-state index in [4.69, 9.17) is 4.98 Å². The smallest absolute Gasteiger partial charge is 0.257 e. The largest absolute Gasteiger partial charge is 0.337 e. The second kappa shape index (κ2) is 7.59. The number of carbonyl (C=O) groups excluding carboxylic acids is 1. The van der Waals surface area contributed by atoms with Gasteiger partial charge in [0, 0.05) is 31.2 Å². The molecule has 1 aliphatic carbocycles. The molecule has 5 rings (SSSR count). The first kappa shape index (κ1) is 19.4. The highest BCUT2D eigenvalue weighted by Crippen LogP contribution is 2.42. The van der Waals surface area contributed by atoms with Crippen LogP contribution < -0.4 is 0 Å². The van der Waals surface area contributed by atoms with E-state index in [9.17, 15) is 4.79 Å². The molecular formula is C22H26N6OS. The Morgan fingerprint density at radius 2 is 2.07 bits per heavy atom. The van der Waals surface area contributed by atoms with Crippen LogP contribution in [0.3, 0.4) is 0 Å². The summed E-state index contributed by atoms with van der Waals surface area (Å²) in [5.74, 6) is 0.976. The quantitative estimate of drug-likeness (QED) is 0.631. The zero-order valence-electron chi connectivity index (χ0n) is 17.6. The molecule has 7 nitrogen and oxygen atoms in total. The van der Waals surface area contributed by atoms with Gasteiger partial charge in [-0.3, -0.25) is 4.79 Å². The predicted octanol–water partition coefficient (Wildman–Crippen LogP) is 3.35. The van der Waals surface area contributed by atoms with Crippen LogP contribution in [0.2, 0.25) is 0 Å². The summed E-state index contributed by atoms with van der Waals surface area (Å²) >= 11 is 1.66. The average molecular weight is 423 g/mol. The molecular weight excluding hydrogens is 396 g/mol. The van der Waals surface area contributed by atoms with E-state index in [1.54, 1.807) is 22.2 Å². The summed E-state index contributed by atoms with van der Waals surface area (Å²) < 4.78 is 1.79. The fourth-order valence-electron chi connectivity index (χ4n) is 4.15. The van der Waals surface area contributed by atoms with Crippen molar-refractivity contribution in [3.05, 3.63) is 46.7 Å². The SMILES string of the molecule is Cc1cnc(-n2ncc(C(=O)N3CC[C@H](N(C)C)C3)c2C2CC2)nc1-c1cccs1. The van der Waals surface area contributed by atoms with Crippen molar-refractivity contribution in [1.29, 1.82) is 0 Å². The zero-order chi connectivity index (χ0) is 20.8. The third-order valence-corrected chi connectivity index (χ3v) is 6.96. The van der Waals surface area contributed by atoms with Crippen LogP contribution in [-0.2, 0) is 0 Å². The number of hydrogen-bond donors (Lipinski definition) is 0. The fraction of sp³-hybridized carbons (Fsp3) is 0.455. The standard InChI is InChI=1S/C22H26N6OS/c1-14-11-23-22(25-19(14)18-5-4-10-30-18)28-20(15-6-7-15)17(12-24-28)21(29)27-9-8-16(13-27)26(2)3/h4-5,10-12,15-16H,6-9,13H2,1-3H3/t16-/m0/s1. The van der Waals surface area contributed by atoms with Gasteiger partial charge in [0.25, 0.3) is 11.9 Å². The van der Waals surface area contributed by atoms with Gasteiger partial charge in [0.05, 0.1) is 28.0 Å². The van der Waals surface area contributed by atoms with Gasteiger partial charge in [-0.1, -0.05) is 6.07 Å². The Morgan fingerprint density at radius 1 is 1.23 bits per heavy atom. The average Bonchev–Trinajstić information content (AvgIpc) is 3.19. The van der Waals surface area contributed by atoms with Crippen molar-refractivity contribution in [2.45, 2.75) is 38.1 Å². The number of likely N-dealkylation sites (tertiary alicyclic amines) is 1. The summed E-state index contributed by atoms with van der Waals surface area (Å²) in [6.45, 7) is 3.58. The van der Waals surface area contributed by atoms with E-state index >= 15 is 0 Å². The molecule has 0 N–H and O–H groups in total. The van der Waals surface area contributed by atoms with Gasteiger partial charge in [0.15, 0.2) is 0 Å². The van der Waals surface area contributed by atoms with Gasteiger partial charge in [0.1, 0.15) is 0 Å². The Hall–Kier alpha value is -2.58. The van der Waals surface area contributed by atoms with Crippen LogP contribution in [0.15, 0.2) is 29.9 Å². The minimum atomic E-state index is 0.0816. The van der Waals surface area contributed by atoms with Crippen LogP contribution in [0, 0.1) is 6.92 Å². The predicted molar refractivity (Wildman–Crippen MR) is 117 cm³/mol. The molecule has 1 aliphatic heterocycles. The number of aromatic nitrogens is 4. The summed E-state index contributed by atoms with van der Waals surface area (Å²) in [5.41, 5.74) is 3.63. The minimum Gasteiger partial charge on any atom is -0.337 e. The summed E-state index contributed by atoms with van der Waals surface area (Å²) in [4.78, 5) is 28.0. The van der Waals surface area contributed by atoms with Gasteiger partial charge in [-0.2, -0.15) is 5.10 Å². The first-order valence-electron chi connectivity index (χ1n) is 10.4. The lowest BCUT2D eigenvalue weighted by molar-refractivity contribution is 0.0782. The molecule has 0 spiro atoms. The van der Waals surface area contributed by atoms with E-state index < -0.39 is 0 Å². The van der Waals surface area contributed by atoms with Crippen LogP contribution in [0.4, 0.5) is 0 Å². The first-order valence-corrected chi connectivity index (χ1v) is 11.3. The minimum absolute atomic E-state index is 0.0816. The lowest BCUT2D eigenvalue weighted by Crippen LogP contribution is -2.34. The normalized spacial score (nSPS) is 19.1. The highest BCUT2D eigenvalue weighted by atomic mass is 32.1. The van der Waals surface area contributed by atoms with E-state index in [1.165, 1.54) is 0 Å². The molecule has 2 fully saturated rings. The Bertz CT molecular complexity index is 1070. The lowest BCUT2D eigenvalue weighted by atomic mass is 10.1. The summed E-state index contributed by atoms with van der Waals surface area (Å²) in [6, 6.07) is 4.51. The van der Waals surface area contributed by atoms with E-state index in [1.807, 2.05) is 29.5 Å². The second-order valence-electron chi connectivity index (χ2n) is 8.47. The number of aryl methyl sites for hydroxylation is 1. The summed E-state index contributed by atoms with van der Waals surface area (Å²) in [6.07, 6.45) is 6.73. The Balaban J connectivity index is 1.50. The van der Waals surface area contributed by atoms with Crippen molar-refractivity contribution in [1.82, 2.24) is 29.5 Å². The van der Waals surface area contributed by atoms with Gasteiger partial charge in [-0.25, -0.2) is 14.6 Å². The molecule has 0 radical (unpaired) electrons. The van der Waals surface area contributed by atoms with Crippen LogP contribution in [-0.4, -0.2) is 68.7 Å². The molecule has 1 saturated heterocycles. The molecule has 1 amide bonds. The molecule has 3 aromatic heterocycles. The molecule has 0 bridgehead atoms. The maximum atomic E-state index is 13.3. The molecule has 8 heteroatoms. The van der Waals surface area contributed by atoms with Crippen LogP contribution >= 0.6 is 11.3 Å². The van der Waals surface area contributed by atoms with Gasteiger partial charge >= 0.3 is 0 Å². The number of nitrogens with zero attached hydrogens (tertiary/aromatic N) is 6. The highest BCUT2D eigenvalue weighted by Gasteiger charge is 2.36. The van der Waals surface area contributed by atoms with Crippen LogP contribution in [0.5, 0.6) is 0 Å². The van der Waals surface area contributed by atoms with Crippen molar-refractivity contribution in [2.24, 2.45) is 0 Å². The molecule has 1 atom stereocenters. The van der Waals surface area contributed by atoms with Gasteiger partial charge < -0.3 is 9.80 Å². The topological polar surface area (TPSA) is 67.2 Å². The van der Waals surface area contributed by atoms with E-state index in [-0.39, 0.29) is 5.91 Å². The van der Waals surface area contributed by atoms with Crippen molar-refractivity contribution < 1.29 is 4.79 Å². The molecule has 0 unspecified atom stereocenters. The molecule has 30 heavy (non-hydrogen) atoms.